The van der Waals surface area contributed by atoms with Crippen LogP contribution in [0.25, 0.3) is 0 Å². The lowest BCUT2D eigenvalue weighted by Crippen LogP contribution is -2.47. The zero-order valence-electron chi connectivity index (χ0n) is 13.2. The molecule has 6 heteroatoms. The third-order valence-electron chi connectivity index (χ3n) is 4.14. The molecule has 1 aromatic carbocycles. The highest BCUT2D eigenvalue weighted by Gasteiger charge is 2.14. The zero-order valence-corrected chi connectivity index (χ0v) is 13.2. The summed E-state index contributed by atoms with van der Waals surface area (Å²) in [6.07, 6.45) is 7.48. The normalized spacial score (nSPS) is 14.5. The number of hydrazine groups is 1. The molecule has 0 aliphatic heterocycles. The molecular formula is C17H24FN3O2. The second-order valence-corrected chi connectivity index (χ2v) is 6.03. The molecule has 1 fully saturated rings. The summed E-state index contributed by atoms with van der Waals surface area (Å²) >= 11 is 0. The van der Waals surface area contributed by atoms with Crippen LogP contribution in [0.5, 0.6) is 0 Å². The van der Waals surface area contributed by atoms with E-state index >= 15 is 0 Å². The third-order valence-corrected chi connectivity index (χ3v) is 4.14. The molecule has 0 bridgehead atoms. The molecule has 1 aliphatic carbocycles. The highest BCUT2D eigenvalue weighted by molar-refractivity contribution is 5.82. The number of hydrogen-bond acceptors (Lipinski definition) is 2. The number of amides is 3. The number of urea groups is 1. The molecule has 23 heavy (non-hydrogen) atoms. The van der Waals surface area contributed by atoms with Crippen LogP contribution in [-0.4, -0.2) is 18.5 Å². The fourth-order valence-corrected chi connectivity index (χ4v) is 2.89. The molecule has 0 radical (unpaired) electrons. The fraction of sp³-hybridized carbons (Fsp3) is 0.529. The van der Waals surface area contributed by atoms with Crippen molar-refractivity contribution in [3.63, 3.8) is 0 Å². The van der Waals surface area contributed by atoms with E-state index in [2.05, 4.69) is 16.2 Å². The Morgan fingerprint density at radius 1 is 1.09 bits per heavy atom. The minimum absolute atomic E-state index is 0.0856. The van der Waals surface area contributed by atoms with E-state index in [1.807, 2.05) is 0 Å². The van der Waals surface area contributed by atoms with E-state index < -0.39 is 6.03 Å². The Hall–Kier alpha value is -2.11. The van der Waals surface area contributed by atoms with Gasteiger partial charge in [-0.05, 0) is 36.5 Å². The SMILES string of the molecule is O=C(Cc1ccc(F)cc1)NNC(=O)NCCCC1CCCC1. The van der Waals surface area contributed by atoms with Crippen LogP contribution in [0.2, 0.25) is 0 Å². The van der Waals surface area contributed by atoms with Gasteiger partial charge < -0.3 is 5.32 Å². The molecule has 3 N–H and O–H groups in total. The lowest BCUT2D eigenvalue weighted by atomic mass is 10.0. The van der Waals surface area contributed by atoms with E-state index in [1.165, 1.54) is 49.9 Å². The number of carbonyl (C=O) groups excluding carboxylic acids is 2. The van der Waals surface area contributed by atoms with Crippen LogP contribution in [-0.2, 0) is 11.2 Å². The minimum Gasteiger partial charge on any atom is -0.337 e. The summed E-state index contributed by atoms with van der Waals surface area (Å²) in [6.45, 7) is 0.607. The Kier molecular flexibility index (Phi) is 6.84. The number of rotatable bonds is 6. The number of hydrogen-bond donors (Lipinski definition) is 3. The first-order valence-electron chi connectivity index (χ1n) is 8.20. The van der Waals surface area contributed by atoms with Crippen LogP contribution in [0.1, 0.15) is 44.1 Å². The van der Waals surface area contributed by atoms with E-state index in [1.54, 1.807) is 0 Å². The van der Waals surface area contributed by atoms with Crippen molar-refractivity contribution in [2.45, 2.75) is 44.9 Å². The van der Waals surface area contributed by atoms with Crippen LogP contribution in [0, 0.1) is 11.7 Å². The van der Waals surface area contributed by atoms with Crippen molar-refractivity contribution in [1.29, 1.82) is 0 Å². The summed E-state index contributed by atoms with van der Waals surface area (Å²) in [7, 11) is 0. The number of nitrogens with one attached hydrogen (secondary N) is 3. The smallest absolute Gasteiger partial charge is 0.333 e. The summed E-state index contributed by atoms with van der Waals surface area (Å²) in [5.74, 6) is 0.122. The van der Waals surface area contributed by atoms with Crippen LogP contribution in [0.4, 0.5) is 9.18 Å². The average molecular weight is 321 g/mol. The van der Waals surface area contributed by atoms with Crippen molar-refractivity contribution in [2.24, 2.45) is 5.92 Å². The summed E-state index contributed by atoms with van der Waals surface area (Å²) in [5.41, 5.74) is 5.33. The van der Waals surface area contributed by atoms with Crippen LogP contribution in [0.15, 0.2) is 24.3 Å². The Labute approximate surface area is 136 Å². The molecule has 1 saturated carbocycles. The third kappa shape index (κ3) is 6.67. The molecule has 2 rings (SSSR count). The molecule has 1 aliphatic rings. The highest BCUT2D eigenvalue weighted by Crippen LogP contribution is 2.28. The van der Waals surface area contributed by atoms with Gasteiger partial charge >= 0.3 is 6.03 Å². The van der Waals surface area contributed by atoms with E-state index in [9.17, 15) is 14.0 Å². The molecular weight excluding hydrogens is 297 g/mol. The van der Waals surface area contributed by atoms with Gasteiger partial charge in [0.05, 0.1) is 6.42 Å². The molecule has 0 saturated heterocycles. The first-order chi connectivity index (χ1) is 11.1. The van der Waals surface area contributed by atoms with Gasteiger partial charge in [-0.2, -0.15) is 0 Å². The summed E-state index contributed by atoms with van der Waals surface area (Å²) in [4.78, 5) is 23.2. The van der Waals surface area contributed by atoms with Crippen molar-refractivity contribution in [3.05, 3.63) is 35.6 Å². The Morgan fingerprint density at radius 3 is 2.48 bits per heavy atom. The summed E-state index contributed by atoms with van der Waals surface area (Å²) < 4.78 is 12.8. The van der Waals surface area contributed by atoms with Crippen molar-refractivity contribution < 1.29 is 14.0 Å². The summed E-state index contributed by atoms with van der Waals surface area (Å²) in [5, 5.41) is 2.72. The van der Waals surface area contributed by atoms with Gasteiger partial charge in [0.15, 0.2) is 0 Å². The van der Waals surface area contributed by atoms with Gasteiger partial charge in [-0.3, -0.25) is 10.2 Å². The zero-order chi connectivity index (χ0) is 16.5. The van der Waals surface area contributed by atoms with Gasteiger partial charge in [0.1, 0.15) is 5.82 Å². The molecule has 0 heterocycles. The van der Waals surface area contributed by atoms with Crippen molar-refractivity contribution >= 4 is 11.9 Å². The standard InChI is InChI=1S/C17H24FN3O2/c18-15-9-7-14(8-10-15)12-16(22)20-21-17(23)19-11-3-6-13-4-1-2-5-13/h7-10,13H,1-6,11-12H2,(H,20,22)(H2,19,21,23). The first kappa shape index (κ1) is 17.2. The lowest BCUT2D eigenvalue weighted by Gasteiger charge is -2.11. The van der Waals surface area contributed by atoms with Crippen LogP contribution >= 0.6 is 0 Å². The first-order valence-corrected chi connectivity index (χ1v) is 8.20. The van der Waals surface area contributed by atoms with Gasteiger partial charge in [-0.1, -0.05) is 37.8 Å². The minimum atomic E-state index is -0.413. The van der Waals surface area contributed by atoms with Crippen molar-refractivity contribution in [3.8, 4) is 0 Å². The van der Waals surface area contributed by atoms with Gasteiger partial charge in [-0.25, -0.2) is 14.6 Å². The Balaban J connectivity index is 1.54. The maximum absolute atomic E-state index is 12.8. The topological polar surface area (TPSA) is 70.2 Å². The number of benzene rings is 1. The van der Waals surface area contributed by atoms with Crippen molar-refractivity contribution in [2.75, 3.05) is 6.54 Å². The molecule has 3 amide bonds. The lowest BCUT2D eigenvalue weighted by molar-refractivity contribution is -0.121. The fourth-order valence-electron chi connectivity index (χ4n) is 2.89. The molecule has 0 atom stereocenters. The van der Waals surface area contributed by atoms with Gasteiger partial charge in [-0.15, -0.1) is 0 Å². The maximum Gasteiger partial charge on any atom is 0.333 e. The average Bonchev–Trinajstić information content (AvgIpc) is 3.05. The van der Waals surface area contributed by atoms with Crippen LogP contribution in [0.3, 0.4) is 0 Å². The van der Waals surface area contributed by atoms with Gasteiger partial charge in [0, 0.05) is 6.54 Å². The number of halogens is 1. The molecule has 126 valence electrons. The summed E-state index contributed by atoms with van der Waals surface area (Å²) in [6, 6.07) is 5.26. The molecule has 0 spiro atoms. The predicted octanol–water partition coefficient (Wildman–Crippen LogP) is 2.67. The number of carbonyl (C=O) groups is 2. The quantitative estimate of drug-likeness (QED) is 0.557. The predicted molar refractivity (Wildman–Crippen MR) is 86.0 cm³/mol. The second-order valence-electron chi connectivity index (χ2n) is 6.03. The molecule has 5 nitrogen and oxygen atoms in total. The Bertz CT molecular complexity index is 513. The van der Waals surface area contributed by atoms with Gasteiger partial charge in [0.2, 0.25) is 5.91 Å². The maximum atomic E-state index is 12.8. The van der Waals surface area contributed by atoms with E-state index in [0.717, 1.165) is 18.8 Å². The molecule has 0 aromatic heterocycles. The Morgan fingerprint density at radius 2 is 1.78 bits per heavy atom. The van der Waals surface area contributed by atoms with E-state index in [-0.39, 0.29) is 18.1 Å². The van der Waals surface area contributed by atoms with E-state index in [0.29, 0.717) is 12.1 Å². The monoisotopic (exact) mass is 321 g/mol. The largest absolute Gasteiger partial charge is 0.337 e. The van der Waals surface area contributed by atoms with Crippen LogP contribution < -0.4 is 16.2 Å². The highest BCUT2D eigenvalue weighted by atomic mass is 19.1. The van der Waals surface area contributed by atoms with E-state index in [4.69, 9.17) is 0 Å². The van der Waals surface area contributed by atoms with Crippen molar-refractivity contribution in [1.82, 2.24) is 16.2 Å². The van der Waals surface area contributed by atoms with Gasteiger partial charge in [0.25, 0.3) is 0 Å². The molecule has 1 aromatic rings. The second kappa shape index (κ2) is 9.12. The molecule has 0 unspecified atom stereocenters.